The smallest absolute Gasteiger partial charge is 0.345 e. The topological polar surface area (TPSA) is 62.2 Å². The van der Waals surface area contributed by atoms with Gasteiger partial charge in [-0.2, -0.15) is 18.3 Å². The van der Waals surface area contributed by atoms with Gasteiger partial charge in [0.1, 0.15) is 11.7 Å². The van der Waals surface area contributed by atoms with Crippen molar-refractivity contribution in [3.63, 3.8) is 0 Å². The van der Waals surface area contributed by atoms with Crippen LogP contribution in [0.3, 0.4) is 0 Å². The van der Waals surface area contributed by atoms with E-state index in [0.717, 1.165) is 11.1 Å². The molecule has 0 saturated carbocycles. The van der Waals surface area contributed by atoms with Crippen molar-refractivity contribution in [2.24, 2.45) is 7.05 Å². The first-order chi connectivity index (χ1) is 12.3. The fraction of sp³-hybridized carbons (Fsp3) is 0.250. The monoisotopic (exact) mass is 385 g/mol. The molecule has 0 bridgehead atoms. The third-order valence-corrected chi connectivity index (χ3v) is 4.03. The van der Waals surface area contributed by atoms with Gasteiger partial charge in [-0.05, 0) is 24.3 Å². The summed E-state index contributed by atoms with van der Waals surface area (Å²) in [7, 11) is 1.72. The minimum absolute atomic E-state index is 0.0874. The number of hydrogen-bond donors (Lipinski definition) is 2. The van der Waals surface area contributed by atoms with Gasteiger partial charge in [-0.3, -0.25) is 14.5 Å². The average Bonchev–Trinajstić information content (AvgIpc) is 3.19. The summed E-state index contributed by atoms with van der Waals surface area (Å²) < 4.78 is 41.0. The molecule has 6 nitrogen and oxygen atoms in total. The molecule has 0 saturated heterocycles. The average molecular weight is 386 g/mol. The molecular weight excluding hydrogens is 371 g/mol. The second-order valence-electron chi connectivity index (χ2n) is 5.65. The van der Waals surface area contributed by atoms with E-state index in [4.69, 9.17) is 11.6 Å². The van der Waals surface area contributed by atoms with E-state index in [1.165, 1.54) is 12.1 Å². The molecule has 1 atom stereocenters. The summed E-state index contributed by atoms with van der Waals surface area (Å²) in [6.45, 7) is 0.0874. The van der Waals surface area contributed by atoms with Gasteiger partial charge >= 0.3 is 6.18 Å². The van der Waals surface area contributed by atoms with Gasteiger partial charge in [0.15, 0.2) is 0 Å². The first-order valence-electron chi connectivity index (χ1n) is 7.62. The molecule has 10 heteroatoms. The highest BCUT2D eigenvalue weighted by Gasteiger charge is 2.45. The van der Waals surface area contributed by atoms with Gasteiger partial charge in [0.2, 0.25) is 0 Å². The summed E-state index contributed by atoms with van der Waals surface area (Å²) >= 11 is 6.08. The lowest BCUT2D eigenvalue weighted by molar-refractivity contribution is -0.142. The predicted octanol–water partition coefficient (Wildman–Crippen LogP) is 2.53. The molecule has 1 aromatic heterocycles. The Bertz CT molecular complexity index is 848. The van der Waals surface area contributed by atoms with Crippen LogP contribution in [0.15, 0.2) is 48.3 Å². The molecule has 0 aliphatic carbocycles. The van der Waals surface area contributed by atoms with E-state index in [1.807, 2.05) is 0 Å². The number of hydrogen-bond acceptors (Lipinski definition) is 4. The number of halogens is 4. The number of alkyl halides is 3. The van der Waals surface area contributed by atoms with Crippen LogP contribution in [0.1, 0.15) is 5.69 Å². The Labute approximate surface area is 152 Å². The van der Waals surface area contributed by atoms with Crippen molar-refractivity contribution in [1.82, 2.24) is 20.5 Å². The summed E-state index contributed by atoms with van der Waals surface area (Å²) in [5.41, 5.74) is 2.93. The molecule has 26 heavy (non-hydrogen) atoms. The van der Waals surface area contributed by atoms with Crippen LogP contribution in [0.4, 0.5) is 18.9 Å². The molecule has 0 spiro atoms. The van der Waals surface area contributed by atoms with Gasteiger partial charge in [0.25, 0.3) is 5.91 Å². The normalized spacial score (nSPS) is 17.3. The summed E-state index contributed by atoms with van der Waals surface area (Å²) in [6, 6.07) is 6.03. The zero-order valence-corrected chi connectivity index (χ0v) is 14.3. The largest absolute Gasteiger partial charge is 0.409 e. The molecule has 3 rings (SSSR count). The number of para-hydroxylation sites is 1. The maximum absolute atomic E-state index is 13.1. The van der Waals surface area contributed by atoms with Crippen molar-refractivity contribution >= 4 is 23.2 Å². The number of amides is 1. The van der Waals surface area contributed by atoms with Crippen LogP contribution in [0.2, 0.25) is 5.02 Å². The fourth-order valence-corrected chi connectivity index (χ4v) is 2.69. The molecule has 2 aromatic rings. The number of hydrazine groups is 1. The van der Waals surface area contributed by atoms with E-state index in [9.17, 15) is 18.0 Å². The van der Waals surface area contributed by atoms with Crippen LogP contribution in [0.25, 0.3) is 0 Å². The zero-order chi connectivity index (χ0) is 18.9. The van der Waals surface area contributed by atoms with Crippen molar-refractivity contribution in [1.29, 1.82) is 0 Å². The van der Waals surface area contributed by atoms with Gasteiger partial charge in [-0.15, -0.1) is 0 Å². The van der Waals surface area contributed by atoms with Gasteiger partial charge in [-0.1, -0.05) is 23.7 Å². The molecule has 1 unspecified atom stereocenters. The molecule has 138 valence electrons. The SMILES string of the molecule is Cn1ccc(CNC(=O)C2=CC(C(F)(F)F)NN2c2ccccc2Cl)n1. The lowest BCUT2D eigenvalue weighted by atomic mass is 10.2. The van der Waals surface area contributed by atoms with Gasteiger partial charge in [-0.25, -0.2) is 5.43 Å². The number of anilines is 1. The number of aromatic nitrogens is 2. The second-order valence-corrected chi connectivity index (χ2v) is 6.06. The molecule has 1 aliphatic heterocycles. The van der Waals surface area contributed by atoms with E-state index < -0.39 is 18.1 Å². The minimum atomic E-state index is -4.55. The number of benzene rings is 1. The lowest BCUT2D eigenvalue weighted by Gasteiger charge is -2.25. The first kappa shape index (κ1) is 18.3. The summed E-state index contributed by atoms with van der Waals surface area (Å²) in [5.74, 6) is -0.671. The highest BCUT2D eigenvalue weighted by molar-refractivity contribution is 6.33. The Morgan fingerprint density at radius 2 is 2.08 bits per heavy atom. The Kier molecular flexibility index (Phi) is 4.92. The Morgan fingerprint density at radius 3 is 2.69 bits per heavy atom. The number of nitrogens with zero attached hydrogens (tertiary/aromatic N) is 3. The lowest BCUT2D eigenvalue weighted by Crippen LogP contribution is -2.46. The number of aryl methyl sites for hydroxylation is 1. The second kappa shape index (κ2) is 7.00. The van der Waals surface area contributed by atoms with Gasteiger partial charge in [0, 0.05) is 13.2 Å². The minimum Gasteiger partial charge on any atom is -0.345 e. The van der Waals surface area contributed by atoms with E-state index >= 15 is 0 Å². The number of nitrogens with one attached hydrogen (secondary N) is 2. The van der Waals surface area contributed by atoms with Crippen molar-refractivity contribution < 1.29 is 18.0 Å². The van der Waals surface area contributed by atoms with Gasteiger partial charge in [0.05, 0.1) is 22.9 Å². The quantitative estimate of drug-likeness (QED) is 0.849. The molecule has 0 fully saturated rings. The van der Waals surface area contributed by atoms with E-state index in [0.29, 0.717) is 5.69 Å². The number of carbonyl (C=O) groups is 1. The van der Waals surface area contributed by atoms with Crippen LogP contribution in [-0.2, 0) is 18.4 Å². The number of rotatable bonds is 4. The molecular formula is C16H15ClF3N5O. The maximum atomic E-state index is 13.1. The maximum Gasteiger partial charge on any atom is 0.409 e. The molecule has 1 aromatic carbocycles. The summed E-state index contributed by atoms with van der Waals surface area (Å²) in [4.78, 5) is 12.5. The molecule has 0 radical (unpaired) electrons. The van der Waals surface area contributed by atoms with E-state index in [1.54, 1.807) is 36.1 Å². The van der Waals surface area contributed by atoms with Crippen LogP contribution in [-0.4, -0.2) is 27.9 Å². The third-order valence-electron chi connectivity index (χ3n) is 3.71. The molecule has 2 N–H and O–H groups in total. The molecule has 1 amide bonds. The van der Waals surface area contributed by atoms with Crippen LogP contribution < -0.4 is 15.8 Å². The van der Waals surface area contributed by atoms with E-state index in [-0.39, 0.29) is 23.0 Å². The van der Waals surface area contributed by atoms with E-state index in [2.05, 4.69) is 15.8 Å². The predicted molar refractivity (Wildman–Crippen MR) is 90.0 cm³/mol. The summed E-state index contributed by atoms with van der Waals surface area (Å²) in [6.07, 6.45) is -2.02. The van der Waals surface area contributed by atoms with Crippen LogP contribution >= 0.6 is 11.6 Å². The molecule has 2 heterocycles. The number of carbonyl (C=O) groups excluding carboxylic acids is 1. The Morgan fingerprint density at radius 1 is 1.35 bits per heavy atom. The van der Waals surface area contributed by atoms with Crippen molar-refractivity contribution in [3.05, 3.63) is 59.0 Å². The van der Waals surface area contributed by atoms with Crippen molar-refractivity contribution in [3.8, 4) is 0 Å². The zero-order valence-electron chi connectivity index (χ0n) is 13.6. The standard InChI is InChI=1S/C16H15ClF3N5O/c1-24-7-6-10(22-24)9-21-15(26)13-8-14(16(18,19)20)23-25(13)12-5-3-2-4-11(12)17/h2-8,14,23H,9H2,1H3,(H,21,26). The van der Waals surface area contributed by atoms with Gasteiger partial charge < -0.3 is 5.32 Å². The third kappa shape index (κ3) is 3.83. The highest BCUT2D eigenvalue weighted by atomic mass is 35.5. The highest BCUT2D eigenvalue weighted by Crippen LogP contribution is 2.33. The Balaban J connectivity index is 1.83. The van der Waals surface area contributed by atoms with Crippen molar-refractivity contribution in [2.75, 3.05) is 5.01 Å². The fourth-order valence-electron chi connectivity index (χ4n) is 2.47. The van der Waals surface area contributed by atoms with Crippen molar-refractivity contribution in [2.45, 2.75) is 18.8 Å². The Hall–Kier alpha value is -2.52. The van der Waals surface area contributed by atoms with Crippen LogP contribution in [0, 0.1) is 0 Å². The molecule has 1 aliphatic rings. The first-order valence-corrected chi connectivity index (χ1v) is 7.99. The summed E-state index contributed by atoms with van der Waals surface area (Å²) in [5, 5.41) is 7.94. The van der Waals surface area contributed by atoms with Crippen LogP contribution in [0.5, 0.6) is 0 Å².